The third-order valence-electron chi connectivity index (χ3n) is 5.39. The van der Waals surface area contributed by atoms with Gasteiger partial charge in [-0.15, -0.1) is 5.10 Å². The van der Waals surface area contributed by atoms with Gasteiger partial charge in [-0.05, 0) is 49.9 Å². The van der Waals surface area contributed by atoms with Crippen LogP contribution in [0.15, 0.2) is 0 Å². The molecule has 1 fully saturated rings. The number of aromatic nitrogens is 3. The van der Waals surface area contributed by atoms with Crippen LogP contribution >= 0.6 is 0 Å². The van der Waals surface area contributed by atoms with Gasteiger partial charge in [-0.3, -0.25) is 9.48 Å². The molecule has 0 radical (unpaired) electrons. The van der Waals surface area contributed by atoms with Gasteiger partial charge >= 0.3 is 5.97 Å². The topological polar surface area (TPSA) is 57.0 Å². The molecule has 21 heavy (non-hydrogen) atoms. The van der Waals surface area contributed by atoms with Crippen LogP contribution in [0.3, 0.4) is 0 Å². The number of hydrogen-bond acceptors (Lipinski definition) is 4. The second-order valence-electron chi connectivity index (χ2n) is 6.61. The standard InChI is InChI=1S/C16H25N3O2/c1-4-10(2)16(20)21-9-13-11-5-7-14-15(8-6-12(11)13)19(3)18-17-14/h10-13H,4-9H2,1-3H3/t10?,11-,12+,13-/m0/s1. The molecule has 2 aliphatic rings. The van der Waals surface area contributed by atoms with Crippen LogP contribution in [-0.4, -0.2) is 27.6 Å². The fourth-order valence-electron chi connectivity index (χ4n) is 3.64. The van der Waals surface area contributed by atoms with E-state index in [2.05, 4.69) is 10.3 Å². The molecule has 0 aliphatic heterocycles. The summed E-state index contributed by atoms with van der Waals surface area (Å²) in [6.07, 6.45) is 5.24. The number of carbonyl (C=O) groups is 1. The summed E-state index contributed by atoms with van der Waals surface area (Å²) in [6.45, 7) is 4.57. The molecule has 1 heterocycles. The highest BCUT2D eigenvalue weighted by Gasteiger charge is 2.50. The van der Waals surface area contributed by atoms with Crippen LogP contribution in [0.2, 0.25) is 0 Å². The van der Waals surface area contributed by atoms with E-state index in [0.29, 0.717) is 18.4 Å². The Morgan fingerprint density at radius 1 is 1.38 bits per heavy atom. The van der Waals surface area contributed by atoms with Crippen molar-refractivity contribution in [2.24, 2.45) is 30.7 Å². The zero-order valence-electron chi connectivity index (χ0n) is 13.2. The Morgan fingerprint density at radius 2 is 2.10 bits per heavy atom. The SMILES string of the molecule is CCC(C)C(=O)OC[C@@H]1[C@@H]2CCc3c(nnn3C)CC[C@@H]21. The van der Waals surface area contributed by atoms with Gasteiger partial charge in [0.1, 0.15) is 0 Å². The second-order valence-corrected chi connectivity index (χ2v) is 6.61. The van der Waals surface area contributed by atoms with Crippen LogP contribution in [-0.2, 0) is 29.4 Å². The summed E-state index contributed by atoms with van der Waals surface area (Å²) in [4.78, 5) is 11.8. The van der Waals surface area contributed by atoms with Crippen LogP contribution in [0, 0.1) is 23.7 Å². The number of rotatable bonds is 4. The lowest BCUT2D eigenvalue weighted by Crippen LogP contribution is -2.16. The molecule has 0 spiro atoms. The van der Waals surface area contributed by atoms with Crippen molar-refractivity contribution in [3.8, 4) is 0 Å². The smallest absolute Gasteiger partial charge is 0.308 e. The van der Waals surface area contributed by atoms with Gasteiger partial charge in [-0.2, -0.15) is 0 Å². The average Bonchev–Trinajstić information content (AvgIpc) is 3.00. The van der Waals surface area contributed by atoms with E-state index in [1.54, 1.807) is 0 Å². The fourth-order valence-corrected chi connectivity index (χ4v) is 3.64. The number of nitrogens with zero attached hydrogens (tertiary/aromatic N) is 3. The van der Waals surface area contributed by atoms with Crippen molar-refractivity contribution in [1.29, 1.82) is 0 Å². The molecular formula is C16H25N3O2. The Morgan fingerprint density at radius 3 is 2.81 bits per heavy atom. The zero-order chi connectivity index (χ0) is 15.0. The van der Waals surface area contributed by atoms with E-state index in [1.165, 1.54) is 12.1 Å². The first kappa shape index (κ1) is 14.5. The van der Waals surface area contributed by atoms with Crippen LogP contribution < -0.4 is 0 Å². The molecule has 2 aliphatic carbocycles. The van der Waals surface area contributed by atoms with Crippen LogP contribution in [0.25, 0.3) is 0 Å². The van der Waals surface area contributed by atoms with Gasteiger partial charge in [0.05, 0.1) is 23.9 Å². The third kappa shape index (κ3) is 2.83. The van der Waals surface area contributed by atoms with E-state index in [-0.39, 0.29) is 11.9 Å². The first-order chi connectivity index (χ1) is 10.1. The van der Waals surface area contributed by atoms with E-state index >= 15 is 0 Å². The van der Waals surface area contributed by atoms with Gasteiger partial charge in [0.2, 0.25) is 0 Å². The van der Waals surface area contributed by atoms with E-state index < -0.39 is 0 Å². The Kier molecular flexibility index (Phi) is 4.00. The van der Waals surface area contributed by atoms with Crippen LogP contribution in [0.4, 0.5) is 0 Å². The minimum Gasteiger partial charge on any atom is -0.465 e. The molecule has 0 aromatic carbocycles. The van der Waals surface area contributed by atoms with E-state index in [9.17, 15) is 4.79 Å². The summed E-state index contributed by atoms with van der Waals surface area (Å²) >= 11 is 0. The first-order valence-corrected chi connectivity index (χ1v) is 8.15. The van der Waals surface area contributed by atoms with Crippen molar-refractivity contribution in [2.45, 2.75) is 46.0 Å². The molecule has 1 aromatic heterocycles. The lowest BCUT2D eigenvalue weighted by atomic mass is 10.0. The monoisotopic (exact) mass is 291 g/mol. The van der Waals surface area contributed by atoms with Gasteiger partial charge in [0, 0.05) is 7.05 Å². The molecule has 0 bridgehead atoms. The highest BCUT2D eigenvalue weighted by molar-refractivity contribution is 5.71. The molecule has 1 saturated carbocycles. The first-order valence-electron chi connectivity index (χ1n) is 8.15. The van der Waals surface area contributed by atoms with Crippen molar-refractivity contribution >= 4 is 5.97 Å². The maximum atomic E-state index is 11.8. The predicted octanol–water partition coefficient (Wildman–Crippen LogP) is 2.15. The number of hydrogen-bond donors (Lipinski definition) is 0. The van der Waals surface area contributed by atoms with Crippen molar-refractivity contribution in [3.63, 3.8) is 0 Å². The summed E-state index contributed by atoms with van der Waals surface area (Å²) in [5, 5.41) is 8.40. The lowest BCUT2D eigenvalue weighted by molar-refractivity contribution is -0.148. The highest BCUT2D eigenvalue weighted by atomic mass is 16.5. The molecule has 0 amide bonds. The summed E-state index contributed by atoms with van der Waals surface area (Å²) < 4.78 is 7.42. The maximum absolute atomic E-state index is 11.8. The Hall–Kier alpha value is -1.39. The summed E-state index contributed by atoms with van der Waals surface area (Å²) in [5.41, 5.74) is 2.45. The maximum Gasteiger partial charge on any atom is 0.308 e. The minimum absolute atomic E-state index is 0.0239. The minimum atomic E-state index is -0.0362. The van der Waals surface area contributed by atoms with Gasteiger partial charge in [0.15, 0.2) is 0 Å². The molecule has 4 atom stereocenters. The number of ether oxygens (including phenoxy) is 1. The Bertz CT molecular complexity index is 526. The fraction of sp³-hybridized carbons (Fsp3) is 0.812. The number of carbonyl (C=O) groups excluding carboxylic acids is 1. The summed E-state index contributed by atoms with van der Waals surface area (Å²) in [5.74, 6) is 1.99. The van der Waals surface area contributed by atoms with Crippen molar-refractivity contribution < 1.29 is 9.53 Å². The molecule has 5 heteroatoms. The van der Waals surface area contributed by atoms with Gasteiger partial charge in [-0.25, -0.2) is 0 Å². The summed E-state index contributed by atoms with van der Waals surface area (Å²) in [7, 11) is 1.98. The molecule has 0 saturated heterocycles. The third-order valence-corrected chi connectivity index (χ3v) is 5.39. The lowest BCUT2D eigenvalue weighted by Gasteiger charge is -2.08. The Labute approximate surface area is 126 Å². The molecule has 0 N–H and O–H groups in total. The normalized spacial score (nSPS) is 28.8. The van der Waals surface area contributed by atoms with Crippen molar-refractivity contribution in [1.82, 2.24) is 15.0 Å². The molecular weight excluding hydrogens is 266 g/mol. The second kappa shape index (κ2) is 5.78. The predicted molar refractivity (Wildman–Crippen MR) is 78.5 cm³/mol. The number of aryl methyl sites for hydroxylation is 2. The van der Waals surface area contributed by atoms with Crippen LogP contribution in [0.5, 0.6) is 0 Å². The Balaban J connectivity index is 1.54. The van der Waals surface area contributed by atoms with Gasteiger partial charge in [-0.1, -0.05) is 19.1 Å². The molecule has 5 nitrogen and oxygen atoms in total. The largest absolute Gasteiger partial charge is 0.465 e. The zero-order valence-corrected chi connectivity index (χ0v) is 13.2. The average molecular weight is 291 g/mol. The highest BCUT2D eigenvalue weighted by Crippen LogP contribution is 2.52. The van der Waals surface area contributed by atoms with Crippen molar-refractivity contribution in [2.75, 3.05) is 6.61 Å². The molecule has 3 rings (SSSR count). The van der Waals surface area contributed by atoms with E-state index in [1.807, 2.05) is 25.6 Å². The van der Waals surface area contributed by atoms with Crippen molar-refractivity contribution in [3.05, 3.63) is 11.4 Å². The number of fused-ring (bicyclic) bond motifs is 2. The summed E-state index contributed by atoms with van der Waals surface area (Å²) in [6, 6.07) is 0. The molecule has 1 aromatic rings. The van der Waals surface area contributed by atoms with E-state index in [0.717, 1.165) is 37.3 Å². The van der Waals surface area contributed by atoms with Gasteiger partial charge < -0.3 is 4.74 Å². The molecule has 116 valence electrons. The number of esters is 1. The van der Waals surface area contributed by atoms with Crippen LogP contribution in [0.1, 0.15) is 44.5 Å². The van der Waals surface area contributed by atoms with E-state index in [4.69, 9.17) is 4.74 Å². The quantitative estimate of drug-likeness (QED) is 0.798. The molecule has 1 unspecified atom stereocenters. The van der Waals surface area contributed by atoms with Gasteiger partial charge in [0.25, 0.3) is 0 Å².